The lowest BCUT2D eigenvalue weighted by Crippen LogP contribution is -2.48. The fourth-order valence-corrected chi connectivity index (χ4v) is 2.42. The van der Waals surface area contributed by atoms with Gasteiger partial charge in [-0.05, 0) is 24.7 Å². The Morgan fingerprint density at radius 2 is 1.95 bits per heavy atom. The molecule has 0 unspecified atom stereocenters. The number of amides is 1. The quantitative estimate of drug-likeness (QED) is 0.863. The summed E-state index contributed by atoms with van der Waals surface area (Å²) in [6.07, 6.45) is 0. The van der Waals surface area contributed by atoms with E-state index >= 15 is 0 Å². The largest absolute Gasteiger partial charge is 0.336 e. The summed E-state index contributed by atoms with van der Waals surface area (Å²) in [6.45, 7) is 6.69. The zero-order valence-electron chi connectivity index (χ0n) is 11.0. The molecule has 19 heavy (non-hydrogen) atoms. The molecule has 1 aromatic heterocycles. The van der Waals surface area contributed by atoms with Crippen molar-refractivity contribution in [2.24, 2.45) is 0 Å². The van der Waals surface area contributed by atoms with Crippen molar-refractivity contribution < 1.29 is 4.79 Å². The monoisotopic (exact) mass is 259 g/mol. The first-order valence-electron chi connectivity index (χ1n) is 6.60. The van der Waals surface area contributed by atoms with Gasteiger partial charge in [-0.2, -0.15) is 15.4 Å². The standard InChI is InChI=1S/C13H17N5O/c1-2-17-5-7-18(8-6-17)13(19)10-3-4-11-12(9-10)15-16-14-11/h3-4,9H,2,5-8H2,1H3,(H,14,15,16). The second-order valence-corrected chi connectivity index (χ2v) is 4.75. The highest BCUT2D eigenvalue weighted by atomic mass is 16.2. The van der Waals surface area contributed by atoms with Crippen LogP contribution in [0.15, 0.2) is 18.2 Å². The molecule has 100 valence electrons. The first kappa shape index (κ1) is 12.1. The van der Waals surface area contributed by atoms with E-state index in [1.165, 1.54) is 0 Å². The SMILES string of the molecule is CCN1CCN(C(=O)c2ccc3n[nH]nc3c2)CC1. The lowest BCUT2D eigenvalue weighted by Gasteiger charge is -2.34. The summed E-state index contributed by atoms with van der Waals surface area (Å²) in [4.78, 5) is 16.7. The predicted octanol–water partition coefficient (Wildman–Crippen LogP) is 0.736. The molecule has 0 bridgehead atoms. The zero-order valence-corrected chi connectivity index (χ0v) is 11.0. The maximum absolute atomic E-state index is 12.4. The minimum Gasteiger partial charge on any atom is -0.336 e. The minimum atomic E-state index is 0.0839. The zero-order chi connectivity index (χ0) is 13.2. The number of likely N-dealkylation sites (N-methyl/N-ethyl adjacent to an activating group) is 1. The van der Waals surface area contributed by atoms with Crippen molar-refractivity contribution in [3.05, 3.63) is 23.8 Å². The van der Waals surface area contributed by atoms with Crippen LogP contribution in [0.4, 0.5) is 0 Å². The summed E-state index contributed by atoms with van der Waals surface area (Å²) in [5.41, 5.74) is 2.21. The van der Waals surface area contributed by atoms with E-state index in [1.807, 2.05) is 17.0 Å². The highest BCUT2D eigenvalue weighted by molar-refractivity contribution is 5.97. The van der Waals surface area contributed by atoms with Gasteiger partial charge in [-0.15, -0.1) is 0 Å². The van der Waals surface area contributed by atoms with Gasteiger partial charge in [0.25, 0.3) is 5.91 Å². The summed E-state index contributed by atoms with van der Waals surface area (Å²) in [7, 11) is 0. The van der Waals surface area contributed by atoms with E-state index in [2.05, 4.69) is 27.2 Å². The maximum atomic E-state index is 12.4. The fraction of sp³-hybridized carbons (Fsp3) is 0.462. The molecular formula is C13H17N5O. The van der Waals surface area contributed by atoms with Crippen LogP contribution in [0.25, 0.3) is 11.0 Å². The van der Waals surface area contributed by atoms with Crippen molar-refractivity contribution in [3.63, 3.8) is 0 Å². The molecule has 1 aliphatic heterocycles. The van der Waals surface area contributed by atoms with Gasteiger partial charge >= 0.3 is 0 Å². The van der Waals surface area contributed by atoms with Crippen molar-refractivity contribution in [3.8, 4) is 0 Å². The number of hydrogen-bond donors (Lipinski definition) is 1. The average Bonchev–Trinajstić information content (AvgIpc) is 2.94. The van der Waals surface area contributed by atoms with Crippen molar-refractivity contribution in [1.82, 2.24) is 25.2 Å². The third kappa shape index (κ3) is 2.31. The molecule has 1 fully saturated rings. The van der Waals surface area contributed by atoms with Gasteiger partial charge in [0.2, 0.25) is 0 Å². The number of benzene rings is 1. The Balaban J connectivity index is 1.76. The van der Waals surface area contributed by atoms with Gasteiger partial charge in [0.15, 0.2) is 0 Å². The lowest BCUT2D eigenvalue weighted by atomic mass is 10.1. The Bertz CT molecular complexity index is 585. The first-order chi connectivity index (χ1) is 9.28. The van der Waals surface area contributed by atoms with Crippen LogP contribution in [-0.2, 0) is 0 Å². The smallest absolute Gasteiger partial charge is 0.254 e. The Morgan fingerprint density at radius 1 is 1.21 bits per heavy atom. The predicted molar refractivity (Wildman–Crippen MR) is 71.9 cm³/mol. The molecule has 1 saturated heterocycles. The third-order valence-corrected chi connectivity index (χ3v) is 3.67. The summed E-state index contributed by atoms with van der Waals surface area (Å²) in [6, 6.07) is 5.45. The van der Waals surface area contributed by atoms with E-state index in [4.69, 9.17) is 0 Å². The van der Waals surface area contributed by atoms with Gasteiger partial charge in [-0.3, -0.25) is 4.79 Å². The molecule has 1 aliphatic rings. The van der Waals surface area contributed by atoms with Gasteiger partial charge in [0.1, 0.15) is 11.0 Å². The average molecular weight is 259 g/mol. The third-order valence-electron chi connectivity index (χ3n) is 3.67. The molecular weight excluding hydrogens is 242 g/mol. The van der Waals surface area contributed by atoms with Crippen LogP contribution in [0.3, 0.4) is 0 Å². The molecule has 0 aliphatic carbocycles. The van der Waals surface area contributed by atoms with Gasteiger partial charge in [-0.1, -0.05) is 6.92 Å². The van der Waals surface area contributed by atoms with Crippen LogP contribution >= 0.6 is 0 Å². The van der Waals surface area contributed by atoms with E-state index in [0.29, 0.717) is 5.56 Å². The number of carbonyl (C=O) groups excluding carboxylic acids is 1. The highest BCUT2D eigenvalue weighted by Gasteiger charge is 2.21. The number of aromatic amines is 1. The van der Waals surface area contributed by atoms with Crippen molar-refractivity contribution in [2.45, 2.75) is 6.92 Å². The number of nitrogens with zero attached hydrogens (tertiary/aromatic N) is 4. The number of aromatic nitrogens is 3. The fourth-order valence-electron chi connectivity index (χ4n) is 2.42. The molecule has 0 spiro atoms. The molecule has 6 heteroatoms. The minimum absolute atomic E-state index is 0.0839. The number of rotatable bonds is 2. The van der Waals surface area contributed by atoms with Gasteiger partial charge in [0.05, 0.1) is 0 Å². The highest BCUT2D eigenvalue weighted by Crippen LogP contribution is 2.14. The maximum Gasteiger partial charge on any atom is 0.254 e. The molecule has 1 aromatic carbocycles. The number of carbonyl (C=O) groups is 1. The number of fused-ring (bicyclic) bond motifs is 1. The summed E-state index contributed by atoms with van der Waals surface area (Å²) in [5.74, 6) is 0.0839. The molecule has 2 heterocycles. The Kier molecular flexibility index (Phi) is 3.16. The molecule has 1 N–H and O–H groups in total. The molecule has 6 nitrogen and oxygen atoms in total. The lowest BCUT2D eigenvalue weighted by molar-refractivity contribution is 0.0643. The van der Waals surface area contributed by atoms with E-state index in [9.17, 15) is 4.79 Å². The molecule has 3 rings (SSSR count). The normalized spacial score (nSPS) is 17.0. The van der Waals surface area contributed by atoms with Crippen LogP contribution in [0.2, 0.25) is 0 Å². The van der Waals surface area contributed by atoms with E-state index < -0.39 is 0 Å². The number of hydrogen-bond acceptors (Lipinski definition) is 4. The van der Waals surface area contributed by atoms with Crippen LogP contribution in [-0.4, -0.2) is 63.8 Å². The van der Waals surface area contributed by atoms with E-state index in [0.717, 1.165) is 43.8 Å². The second kappa shape index (κ2) is 4.97. The van der Waals surface area contributed by atoms with Crippen molar-refractivity contribution >= 4 is 16.9 Å². The van der Waals surface area contributed by atoms with Crippen LogP contribution < -0.4 is 0 Å². The van der Waals surface area contributed by atoms with Crippen molar-refractivity contribution in [1.29, 1.82) is 0 Å². The Morgan fingerprint density at radius 3 is 2.68 bits per heavy atom. The second-order valence-electron chi connectivity index (χ2n) is 4.75. The number of piperazine rings is 1. The molecule has 0 saturated carbocycles. The first-order valence-corrected chi connectivity index (χ1v) is 6.60. The summed E-state index contributed by atoms with van der Waals surface area (Å²) < 4.78 is 0. The molecule has 0 radical (unpaired) electrons. The Hall–Kier alpha value is -1.95. The van der Waals surface area contributed by atoms with Crippen LogP contribution in [0, 0.1) is 0 Å². The molecule has 2 aromatic rings. The van der Waals surface area contributed by atoms with E-state index in [-0.39, 0.29) is 5.91 Å². The summed E-state index contributed by atoms with van der Waals surface area (Å²) >= 11 is 0. The van der Waals surface area contributed by atoms with Gasteiger partial charge in [0, 0.05) is 31.7 Å². The van der Waals surface area contributed by atoms with Gasteiger partial charge < -0.3 is 9.80 Å². The number of H-pyrrole nitrogens is 1. The van der Waals surface area contributed by atoms with Crippen LogP contribution in [0.1, 0.15) is 17.3 Å². The number of nitrogens with one attached hydrogen (secondary N) is 1. The van der Waals surface area contributed by atoms with Crippen LogP contribution in [0.5, 0.6) is 0 Å². The summed E-state index contributed by atoms with van der Waals surface area (Å²) in [5, 5.41) is 10.6. The molecule has 0 atom stereocenters. The van der Waals surface area contributed by atoms with Gasteiger partial charge in [-0.25, -0.2) is 0 Å². The Labute approximate surface area is 111 Å². The van der Waals surface area contributed by atoms with Crippen molar-refractivity contribution in [2.75, 3.05) is 32.7 Å². The van der Waals surface area contributed by atoms with E-state index in [1.54, 1.807) is 6.07 Å². The molecule has 1 amide bonds. The topological polar surface area (TPSA) is 65.1 Å².